The molecule has 92 valence electrons. The van der Waals surface area contributed by atoms with Crippen molar-refractivity contribution in [3.8, 4) is 0 Å². The van der Waals surface area contributed by atoms with Crippen LogP contribution in [0.2, 0.25) is 5.28 Å². The van der Waals surface area contributed by atoms with Crippen LogP contribution in [0.15, 0.2) is 12.3 Å². The summed E-state index contributed by atoms with van der Waals surface area (Å²) in [4.78, 5) is 29.2. The van der Waals surface area contributed by atoms with Crippen molar-refractivity contribution in [2.45, 2.75) is 18.9 Å². The van der Waals surface area contributed by atoms with Gasteiger partial charge in [-0.25, -0.2) is 9.97 Å². The molecule has 0 spiro atoms. The van der Waals surface area contributed by atoms with Crippen LogP contribution in [-0.4, -0.2) is 33.0 Å². The SMILES string of the molecule is NC(CCC(=O)O)C(=O)Nc1ccnc(Cl)n1. The van der Waals surface area contributed by atoms with Gasteiger partial charge in [-0.1, -0.05) is 0 Å². The predicted octanol–water partition coefficient (Wildman–Crippen LogP) is 0.261. The van der Waals surface area contributed by atoms with E-state index in [2.05, 4.69) is 15.3 Å². The lowest BCUT2D eigenvalue weighted by atomic mass is 10.1. The molecular weight excluding hydrogens is 248 g/mol. The molecule has 4 N–H and O–H groups in total. The molecule has 1 unspecified atom stereocenters. The molecule has 0 aliphatic rings. The van der Waals surface area contributed by atoms with Crippen LogP contribution in [-0.2, 0) is 9.59 Å². The summed E-state index contributed by atoms with van der Waals surface area (Å²) in [6, 6.07) is 0.549. The number of aliphatic carboxylic acids is 1. The van der Waals surface area contributed by atoms with Crippen molar-refractivity contribution >= 4 is 29.3 Å². The molecule has 0 fully saturated rings. The Labute approximate surface area is 102 Å². The fraction of sp³-hybridized carbons (Fsp3) is 0.333. The van der Waals surface area contributed by atoms with Crippen LogP contribution in [0.5, 0.6) is 0 Å². The average Bonchev–Trinajstić information content (AvgIpc) is 2.25. The number of carboxylic acid groups (broad SMARTS) is 1. The first-order chi connectivity index (χ1) is 7.99. The van der Waals surface area contributed by atoms with E-state index < -0.39 is 17.9 Å². The topological polar surface area (TPSA) is 118 Å². The van der Waals surface area contributed by atoms with E-state index in [1.165, 1.54) is 12.3 Å². The van der Waals surface area contributed by atoms with Gasteiger partial charge < -0.3 is 16.2 Å². The summed E-state index contributed by atoms with van der Waals surface area (Å²) >= 11 is 5.53. The second-order valence-electron chi connectivity index (χ2n) is 3.24. The minimum Gasteiger partial charge on any atom is -0.481 e. The lowest BCUT2D eigenvalue weighted by Gasteiger charge is -2.10. The van der Waals surface area contributed by atoms with Crippen molar-refractivity contribution in [2.75, 3.05) is 5.32 Å². The number of amides is 1. The van der Waals surface area contributed by atoms with Gasteiger partial charge in [0.1, 0.15) is 5.82 Å². The third-order valence-electron chi connectivity index (χ3n) is 1.88. The molecule has 0 bridgehead atoms. The van der Waals surface area contributed by atoms with E-state index in [1.807, 2.05) is 0 Å². The third-order valence-corrected chi connectivity index (χ3v) is 2.07. The average molecular weight is 259 g/mol. The summed E-state index contributed by atoms with van der Waals surface area (Å²) in [5.74, 6) is -1.29. The van der Waals surface area contributed by atoms with E-state index in [0.29, 0.717) is 0 Å². The summed E-state index contributed by atoms with van der Waals surface area (Å²) in [6.07, 6.45) is 1.27. The van der Waals surface area contributed by atoms with E-state index in [1.54, 1.807) is 0 Å². The second-order valence-corrected chi connectivity index (χ2v) is 3.58. The number of hydrogen-bond donors (Lipinski definition) is 3. The zero-order chi connectivity index (χ0) is 12.8. The number of rotatable bonds is 5. The van der Waals surface area contributed by atoms with Gasteiger partial charge in [0.25, 0.3) is 0 Å². The molecule has 0 saturated carbocycles. The summed E-state index contributed by atoms with van der Waals surface area (Å²) in [5, 5.41) is 10.9. The molecule has 1 amide bonds. The zero-order valence-corrected chi connectivity index (χ0v) is 9.52. The highest BCUT2D eigenvalue weighted by molar-refractivity contribution is 6.28. The second kappa shape index (κ2) is 6.12. The summed E-state index contributed by atoms with van der Waals surface area (Å²) in [6.45, 7) is 0. The van der Waals surface area contributed by atoms with E-state index >= 15 is 0 Å². The Bertz CT molecular complexity index is 426. The van der Waals surface area contributed by atoms with Crippen LogP contribution in [0.4, 0.5) is 5.82 Å². The maximum atomic E-state index is 11.5. The lowest BCUT2D eigenvalue weighted by Crippen LogP contribution is -2.36. The summed E-state index contributed by atoms with van der Waals surface area (Å²) in [7, 11) is 0. The van der Waals surface area contributed by atoms with Crippen molar-refractivity contribution in [3.63, 3.8) is 0 Å². The van der Waals surface area contributed by atoms with Gasteiger partial charge in [0.2, 0.25) is 11.2 Å². The molecule has 1 rings (SSSR count). The molecule has 7 nitrogen and oxygen atoms in total. The molecule has 8 heteroatoms. The Morgan fingerprint density at radius 3 is 2.88 bits per heavy atom. The van der Waals surface area contributed by atoms with Crippen LogP contribution in [0.3, 0.4) is 0 Å². The monoisotopic (exact) mass is 258 g/mol. The van der Waals surface area contributed by atoms with Gasteiger partial charge in [-0.2, -0.15) is 0 Å². The first kappa shape index (κ1) is 13.3. The van der Waals surface area contributed by atoms with Crippen molar-refractivity contribution in [1.82, 2.24) is 9.97 Å². The van der Waals surface area contributed by atoms with E-state index in [4.69, 9.17) is 22.4 Å². The maximum absolute atomic E-state index is 11.5. The van der Waals surface area contributed by atoms with Gasteiger partial charge in [-0.3, -0.25) is 9.59 Å². The number of carbonyl (C=O) groups is 2. The van der Waals surface area contributed by atoms with Crippen LogP contribution in [0.1, 0.15) is 12.8 Å². The predicted molar refractivity (Wildman–Crippen MR) is 60.5 cm³/mol. The van der Waals surface area contributed by atoms with Crippen molar-refractivity contribution in [2.24, 2.45) is 5.73 Å². The number of nitrogens with zero attached hydrogens (tertiary/aromatic N) is 2. The molecule has 0 radical (unpaired) electrons. The normalized spacial score (nSPS) is 11.9. The highest BCUT2D eigenvalue weighted by Crippen LogP contribution is 2.06. The van der Waals surface area contributed by atoms with E-state index in [0.717, 1.165) is 0 Å². The number of aromatic nitrogens is 2. The van der Waals surface area contributed by atoms with Crippen LogP contribution in [0, 0.1) is 0 Å². The molecule has 1 heterocycles. The Morgan fingerprint density at radius 1 is 1.59 bits per heavy atom. The van der Waals surface area contributed by atoms with Gasteiger partial charge >= 0.3 is 5.97 Å². The number of carbonyl (C=O) groups excluding carboxylic acids is 1. The zero-order valence-electron chi connectivity index (χ0n) is 8.76. The molecule has 0 aliphatic carbocycles. The van der Waals surface area contributed by atoms with Crippen LogP contribution >= 0.6 is 11.6 Å². The third kappa shape index (κ3) is 4.75. The molecule has 1 atom stereocenters. The highest BCUT2D eigenvalue weighted by atomic mass is 35.5. The largest absolute Gasteiger partial charge is 0.481 e. The molecule has 0 aliphatic heterocycles. The maximum Gasteiger partial charge on any atom is 0.303 e. The Morgan fingerprint density at radius 2 is 2.29 bits per heavy atom. The number of carboxylic acids is 1. The van der Waals surface area contributed by atoms with Gasteiger partial charge in [-0.05, 0) is 24.1 Å². The Hall–Kier alpha value is -1.73. The number of nitrogens with one attached hydrogen (secondary N) is 1. The Kier molecular flexibility index (Phi) is 4.80. The molecule has 1 aromatic rings. The van der Waals surface area contributed by atoms with Gasteiger partial charge in [-0.15, -0.1) is 0 Å². The molecule has 0 aromatic carbocycles. The van der Waals surface area contributed by atoms with Crippen LogP contribution in [0.25, 0.3) is 0 Å². The lowest BCUT2D eigenvalue weighted by molar-refractivity contribution is -0.137. The van der Waals surface area contributed by atoms with E-state index in [-0.39, 0.29) is 23.9 Å². The first-order valence-electron chi connectivity index (χ1n) is 4.76. The smallest absolute Gasteiger partial charge is 0.303 e. The quantitative estimate of drug-likeness (QED) is 0.652. The first-order valence-corrected chi connectivity index (χ1v) is 5.13. The van der Waals surface area contributed by atoms with Crippen molar-refractivity contribution < 1.29 is 14.7 Å². The van der Waals surface area contributed by atoms with Gasteiger partial charge in [0, 0.05) is 12.6 Å². The standard InChI is InChI=1S/C9H11ClN4O3/c10-9-12-4-3-6(14-9)13-8(17)5(11)1-2-7(15)16/h3-5H,1-2,11H2,(H,15,16)(H,12,13,14,17). The minimum atomic E-state index is -1.00. The fourth-order valence-electron chi connectivity index (χ4n) is 1.03. The molecule has 1 aromatic heterocycles. The van der Waals surface area contributed by atoms with Crippen LogP contribution < -0.4 is 11.1 Å². The minimum absolute atomic E-state index is 0.00177. The van der Waals surface area contributed by atoms with Gasteiger partial charge in [0.05, 0.1) is 6.04 Å². The van der Waals surface area contributed by atoms with Crippen molar-refractivity contribution in [1.29, 1.82) is 0 Å². The van der Waals surface area contributed by atoms with E-state index in [9.17, 15) is 9.59 Å². The Balaban J connectivity index is 2.51. The molecule has 0 saturated heterocycles. The number of hydrogen-bond acceptors (Lipinski definition) is 5. The fourth-order valence-corrected chi connectivity index (χ4v) is 1.18. The number of nitrogens with two attached hydrogens (primary N) is 1. The number of halogens is 1. The summed E-state index contributed by atoms with van der Waals surface area (Å²) < 4.78 is 0. The van der Waals surface area contributed by atoms with Crippen molar-refractivity contribution in [3.05, 3.63) is 17.5 Å². The summed E-state index contributed by atoms with van der Waals surface area (Å²) in [5.41, 5.74) is 5.50. The molecular formula is C9H11ClN4O3. The number of anilines is 1. The molecule has 17 heavy (non-hydrogen) atoms. The van der Waals surface area contributed by atoms with Gasteiger partial charge in [0.15, 0.2) is 0 Å². The highest BCUT2D eigenvalue weighted by Gasteiger charge is 2.15.